The van der Waals surface area contributed by atoms with Gasteiger partial charge >= 0.3 is 5.97 Å². The number of hydrogen-bond donors (Lipinski definition) is 1. The van der Waals surface area contributed by atoms with Crippen LogP contribution in [0.4, 0.5) is 5.82 Å². The van der Waals surface area contributed by atoms with Gasteiger partial charge in [-0.1, -0.05) is 66.7 Å². The lowest BCUT2D eigenvalue weighted by Crippen LogP contribution is -2.46. The van der Waals surface area contributed by atoms with E-state index in [1.165, 1.54) is 0 Å². The zero-order chi connectivity index (χ0) is 27.9. The molecule has 1 aliphatic rings. The van der Waals surface area contributed by atoms with Gasteiger partial charge in [-0.2, -0.15) is 0 Å². The summed E-state index contributed by atoms with van der Waals surface area (Å²) < 4.78 is 11.5. The van der Waals surface area contributed by atoms with Gasteiger partial charge in [0.05, 0.1) is 6.10 Å². The molecule has 206 valence electrons. The van der Waals surface area contributed by atoms with Gasteiger partial charge in [-0.05, 0) is 48.7 Å². The molecule has 2 heterocycles. The second kappa shape index (κ2) is 12.7. The molecule has 0 radical (unpaired) electrons. The molecule has 5 rings (SSSR count). The van der Waals surface area contributed by atoms with Gasteiger partial charge in [-0.15, -0.1) is 0 Å². The van der Waals surface area contributed by atoms with E-state index in [1.54, 1.807) is 12.3 Å². The highest BCUT2D eigenvalue weighted by Gasteiger charge is 2.27. The van der Waals surface area contributed by atoms with E-state index in [4.69, 9.17) is 9.47 Å². The monoisotopic (exact) mass is 537 g/mol. The van der Waals surface area contributed by atoms with E-state index in [0.29, 0.717) is 30.3 Å². The molecule has 0 aliphatic carbocycles. The highest BCUT2D eigenvalue weighted by atomic mass is 16.5. The maximum absolute atomic E-state index is 13.3. The van der Waals surface area contributed by atoms with Crippen LogP contribution in [0.15, 0.2) is 91.1 Å². The first-order valence-corrected chi connectivity index (χ1v) is 13.7. The Kier molecular flexibility index (Phi) is 8.62. The number of aromatic nitrogens is 1. The molecular formula is C33H35N3O4. The lowest BCUT2D eigenvalue weighted by atomic mass is 10.00. The van der Waals surface area contributed by atoms with Crippen LogP contribution >= 0.6 is 0 Å². The predicted molar refractivity (Wildman–Crippen MR) is 157 cm³/mol. The number of rotatable bonds is 9. The molecule has 7 heteroatoms. The number of aromatic hydroxyl groups is 1. The maximum Gasteiger partial charge on any atom is 0.342 e. The SMILES string of the molecule is CC(C)OC(=O)c1c(-c2ccccc2)ccnc1N1CCN(Cc2ccc(OCc3ccccc3)c(O)c2)CC1. The number of hydrogen-bond acceptors (Lipinski definition) is 7. The number of carbonyl (C=O) groups is 1. The number of anilines is 1. The van der Waals surface area contributed by atoms with E-state index >= 15 is 0 Å². The minimum atomic E-state index is -0.357. The van der Waals surface area contributed by atoms with Gasteiger partial charge in [0.2, 0.25) is 0 Å². The summed E-state index contributed by atoms with van der Waals surface area (Å²) in [4.78, 5) is 22.4. The Hall–Kier alpha value is -4.36. The van der Waals surface area contributed by atoms with Crippen LogP contribution in [0.1, 0.15) is 35.3 Å². The molecule has 1 fully saturated rings. The molecular weight excluding hydrogens is 502 g/mol. The lowest BCUT2D eigenvalue weighted by Gasteiger charge is -2.36. The minimum Gasteiger partial charge on any atom is -0.504 e. The first kappa shape index (κ1) is 27.2. The third-order valence-corrected chi connectivity index (χ3v) is 6.90. The van der Waals surface area contributed by atoms with Crippen LogP contribution in [0.25, 0.3) is 11.1 Å². The minimum absolute atomic E-state index is 0.141. The molecule has 1 aliphatic heterocycles. The molecule has 1 N–H and O–H groups in total. The normalized spacial score (nSPS) is 13.8. The molecule has 40 heavy (non-hydrogen) atoms. The molecule has 4 aromatic rings. The van der Waals surface area contributed by atoms with E-state index in [2.05, 4.69) is 14.8 Å². The molecule has 0 amide bonds. The molecule has 7 nitrogen and oxygen atoms in total. The zero-order valence-corrected chi connectivity index (χ0v) is 23.0. The Labute approximate surface area is 235 Å². The van der Waals surface area contributed by atoms with Crippen molar-refractivity contribution in [2.75, 3.05) is 31.1 Å². The average molecular weight is 538 g/mol. The third-order valence-electron chi connectivity index (χ3n) is 6.90. The number of pyridine rings is 1. The molecule has 0 saturated carbocycles. The summed E-state index contributed by atoms with van der Waals surface area (Å²) in [7, 11) is 0. The number of nitrogens with zero attached hydrogens (tertiary/aromatic N) is 3. The van der Waals surface area contributed by atoms with Crippen molar-refractivity contribution in [2.45, 2.75) is 33.1 Å². The van der Waals surface area contributed by atoms with Crippen molar-refractivity contribution in [3.05, 3.63) is 108 Å². The van der Waals surface area contributed by atoms with Crippen LogP contribution in [0.3, 0.4) is 0 Å². The zero-order valence-electron chi connectivity index (χ0n) is 23.0. The molecule has 0 bridgehead atoms. The Morgan fingerprint density at radius 2 is 1.60 bits per heavy atom. The van der Waals surface area contributed by atoms with Crippen LogP contribution in [0, 0.1) is 0 Å². The summed E-state index contributed by atoms with van der Waals surface area (Å²) in [6, 6.07) is 27.3. The van der Waals surface area contributed by atoms with Gasteiger partial charge < -0.3 is 19.5 Å². The summed E-state index contributed by atoms with van der Waals surface area (Å²) in [5.41, 5.74) is 4.35. The summed E-state index contributed by atoms with van der Waals surface area (Å²) in [5, 5.41) is 10.6. The standard InChI is InChI=1S/C33H35N3O4/c1-24(2)40-33(38)31-28(27-11-7-4-8-12-27)15-16-34-32(31)36-19-17-35(18-20-36)22-26-13-14-30(29(37)21-26)39-23-25-9-5-3-6-10-25/h3-16,21,24,37H,17-20,22-23H2,1-2H3. The lowest BCUT2D eigenvalue weighted by molar-refractivity contribution is 0.0379. The van der Waals surface area contributed by atoms with Gasteiger partial charge in [-0.3, -0.25) is 4.90 Å². The van der Waals surface area contributed by atoms with Crippen molar-refractivity contribution >= 4 is 11.8 Å². The van der Waals surface area contributed by atoms with Gasteiger partial charge in [0.1, 0.15) is 18.0 Å². The predicted octanol–water partition coefficient (Wildman–Crippen LogP) is 5.92. The molecule has 0 unspecified atom stereocenters. The summed E-state index contributed by atoms with van der Waals surface area (Å²) in [6.45, 7) is 7.85. The summed E-state index contributed by atoms with van der Waals surface area (Å²) in [5.74, 6) is 0.915. The van der Waals surface area contributed by atoms with Crippen molar-refractivity contribution < 1.29 is 19.4 Å². The van der Waals surface area contributed by atoms with E-state index in [-0.39, 0.29) is 17.8 Å². The Morgan fingerprint density at radius 3 is 2.27 bits per heavy atom. The number of carbonyl (C=O) groups excluding carboxylic acids is 1. The number of benzene rings is 3. The van der Waals surface area contributed by atoms with Crippen LogP contribution in [-0.4, -0.2) is 53.2 Å². The quantitative estimate of drug-likeness (QED) is 0.266. The molecule has 1 saturated heterocycles. The first-order chi connectivity index (χ1) is 19.5. The van der Waals surface area contributed by atoms with Crippen LogP contribution in [0.2, 0.25) is 0 Å². The van der Waals surface area contributed by atoms with Crippen molar-refractivity contribution in [1.29, 1.82) is 0 Å². The largest absolute Gasteiger partial charge is 0.504 e. The fourth-order valence-corrected chi connectivity index (χ4v) is 4.92. The summed E-state index contributed by atoms with van der Waals surface area (Å²) >= 11 is 0. The second-order valence-corrected chi connectivity index (χ2v) is 10.2. The number of esters is 1. The van der Waals surface area contributed by atoms with Gasteiger partial charge in [0.15, 0.2) is 11.5 Å². The first-order valence-electron chi connectivity index (χ1n) is 13.7. The summed E-state index contributed by atoms with van der Waals surface area (Å²) in [6.07, 6.45) is 1.54. The van der Waals surface area contributed by atoms with Crippen LogP contribution in [-0.2, 0) is 17.9 Å². The van der Waals surface area contributed by atoms with Gasteiger partial charge in [-0.25, -0.2) is 9.78 Å². The van der Waals surface area contributed by atoms with E-state index < -0.39 is 0 Å². The van der Waals surface area contributed by atoms with Crippen molar-refractivity contribution in [3.8, 4) is 22.6 Å². The topological polar surface area (TPSA) is 75.1 Å². The Bertz CT molecular complexity index is 1420. The number of phenols is 1. The fraction of sp³-hybridized carbons (Fsp3) is 0.273. The van der Waals surface area contributed by atoms with E-state index in [9.17, 15) is 9.90 Å². The smallest absolute Gasteiger partial charge is 0.342 e. The molecule has 0 spiro atoms. The number of ether oxygens (including phenoxy) is 2. The van der Waals surface area contributed by atoms with Crippen molar-refractivity contribution in [3.63, 3.8) is 0 Å². The molecule has 1 aromatic heterocycles. The van der Waals surface area contributed by atoms with E-state index in [0.717, 1.165) is 48.4 Å². The van der Waals surface area contributed by atoms with Gasteiger partial charge in [0.25, 0.3) is 0 Å². The highest BCUT2D eigenvalue weighted by Crippen LogP contribution is 2.32. The maximum atomic E-state index is 13.3. The Balaban J connectivity index is 1.25. The van der Waals surface area contributed by atoms with Crippen molar-refractivity contribution in [2.24, 2.45) is 0 Å². The second-order valence-electron chi connectivity index (χ2n) is 10.2. The Morgan fingerprint density at radius 1 is 0.900 bits per heavy atom. The number of piperazine rings is 1. The third kappa shape index (κ3) is 6.61. The molecule has 0 atom stereocenters. The average Bonchev–Trinajstić information content (AvgIpc) is 2.97. The molecule has 3 aromatic carbocycles. The van der Waals surface area contributed by atoms with Crippen molar-refractivity contribution in [1.82, 2.24) is 9.88 Å². The van der Waals surface area contributed by atoms with Crippen LogP contribution < -0.4 is 9.64 Å². The van der Waals surface area contributed by atoms with Gasteiger partial charge in [0, 0.05) is 44.5 Å². The van der Waals surface area contributed by atoms with E-state index in [1.807, 2.05) is 92.7 Å². The van der Waals surface area contributed by atoms with Crippen LogP contribution in [0.5, 0.6) is 11.5 Å². The number of phenolic OH excluding ortho intramolecular Hbond substituents is 1. The fourth-order valence-electron chi connectivity index (χ4n) is 4.92. The highest BCUT2D eigenvalue weighted by molar-refractivity contribution is 6.02.